The Hall–Kier alpha value is -1.94. The van der Waals surface area contributed by atoms with Crippen LogP contribution in [0.5, 0.6) is 0 Å². The quantitative estimate of drug-likeness (QED) is 0.0222. The Morgan fingerprint density at radius 3 is 0.701 bits per heavy atom. The van der Waals surface area contributed by atoms with Crippen LogP contribution in [-0.2, 0) is 65.4 Å². The van der Waals surface area contributed by atoms with Crippen molar-refractivity contribution in [3.05, 3.63) is 0 Å². The number of carbonyl (C=O) groups is 4. The molecule has 0 aromatic carbocycles. The van der Waals surface area contributed by atoms with E-state index < -0.39 is 97.5 Å². The highest BCUT2D eigenvalue weighted by Crippen LogP contribution is 2.45. The molecule has 0 rings (SSSR count). The first-order valence-corrected chi connectivity index (χ1v) is 43.3. The lowest BCUT2D eigenvalue weighted by Gasteiger charge is -2.21. The van der Waals surface area contributed by atoms with Gasteiger partial charge >= 0.3 is 39.5 Å². The van der Waals surface area contributed by atoms with E-state index in [1.54, 1.807) is 0 Å². The number of unbranched alkanes of at least 4 members (excludes halogenated alkanes) is 44. The van der Waals surface area contributed by atoms with E-state index in [4.69, 9.17) is 37.0 Å². The fourth-order valence-electron chi connectivity index (χ4n) is 12.0. The van der Waals surface area contributed by atoms with Gasteiger partial charge in [-0.1, -0.05) is 350 Å². The van der Waals surface area contributed by atoms with Crippen molar-refractivity contribution in [3.8, 4) is 0 Å². The molecule has 0 saturated carbocycles. The van der Waals surface area contributed by atoms with Crippen LogP contribution in [0.4, 0.5) is 0 Å². The van der Waals surface area contributed by atoms with Crippen molar-refractivity contribution in [2.45, 2.75) is 420 Å². The molecule has 0 aliphatic rings. The molecule has 0 amide bonds. The van der Waals surface area contributed by atoms with Crippen LogP contribution in [0.3, 0.4) is 0 Å². The van der Waals surface area contributed by atoms with Gasteiger partial charge in [0.25, 0.3) is 0 Å². The Labute approximate surface area is 594 Å². The van der Waals surface area contributed by atoms with E-state index in [1.165, 1.54) is 212 Å². The van der Waals surface area contributed by atoms with Gasteiger partial charge in [0, 0.05) is 25.7 Å². The van der Waals surface area contributed by atoms with Crippen LogP contribution in [0, 0.1) is 17.8 Å². The van der Waals surface area contributed by atoms with Crippen LogP contribution < -0.4 is 0 Å². The van der Waals surface area contributed by atoms with Gasteiger partial charge in [-0.3, -0.25) is 37.3 Å². The van der Waals surface area contributed by atoms with Gasteiger partial charge in [0.15, 0.2) is 12.2 Å². The lowest BCUT2D eigenvalue weighted by atomic mass is 10.0. The zero-order chi connectivity index (χ0) is 71.6. The Balaban J connectivity index is 5.27. The summed E-state index contributed by atoms with van der Waals surface area (Å²) in [5.74, 6) is 0.182. The maximum atomic E-state index is 13.1. The van der Waals surface area contributed by atoms with E-state index >= 15 is 0 Å². The maximum absolute atomic E-state index is 13.1. The van der Waals surface area contributed by atoms with Crippen molar-refractivity contribution < 1.29 is 80.2 Å². The summed E-state index contributed by atoms with van der Waals surface area (Å²) >= 11 is 0. The van der Waals surface area contributed by atoms with Gasteiger partial charge in [0.05, 0.1) is 26.4 Å². The molecule has 0 aliphatic carbocycles. The SMILES string of the molecule is CCCCCCCCCCCCCCCCCC(=O)OC[C@H](COP(=O)(O)OC[C@@H](O)COP(=O)(O)OC[C@@H](COC(=O)CCCCCCCCCCCC(C)C)OC(=O)CCCCCCCCCCCCCC(C)C)OC(=O)CCCCCCCCCCCCCCCC(C)C. The minimum absolute atomic E-state index is 0.106. The Morgan fingerprint density at radius 2 is 0.474 bits per heavy atom. The molecule has 97 heavy (non-hydrogen) atoms. The Morgan fingerprint density at radius 1 is 0.278 bits per heavy atom. The summed E-state index contributed by atoms with van der Waals surface area (Å²) in [6.07, 6.45) is 55.4. The molecule has 2 unspecified atom stereocenters. The Kier molecular flexibility index (Phi) is 67.1. The number of ether oxygens (including phenoxy) is 4. The second-order valence-electron chi connectivity index (χ2n) is 29.5. The molecule has 576 valence electrons. The number of aliphatic hydroxyl groups is 1. The third-order valence-electron chi connectivity index (χ3n) is 18.1. The molecule has 0 bridgehead atoms. The summed E-state index contributed by atoms with van der Waals surface area (Å²) in [6, 6.07) is 0. The van der Waals surface area contributed by atoms with Crippen molar-refractivity contribution in [2.75, 3.05) is 39.6 Å². The summed E-state index contributed by atoms with van der Waals surface area (Å²) in [5, 5.41) is 10.6. The summed E-state index contributed by atoms with van der Waals surface area (Å²) in [4.78, 5) is 72.9. The average Bonchev–Trinajstić information content (AvgIpc) is 2.47. The fraction of sp³-hybridized carbons (Fsp3) is 0.949. The lowest BCUT2D eigenvalue weighted by Crippen LogP contribution is -2.30. The van der Waals surface area contributed by atoms with Crippen LogP contribution >= 0.6 is 15.6 Å². The first-order chi connectivity index (χ1) is 46.7. The molecule has 0 aromatic heterocycles. The van der Waals surface area contributed by atoms with E-state index in [9.17, 15) is 43.2 Å². The zero-order valence-corrected chi connectivity index (χ0v) is 65.3. The molecule has 0 saturated heterocycles. The lowest BCUT2D eigenvalue weighted by molar-refractivity contribution is -0.161. The van der Waals surface area contributed by atoms with Gasteiger partial charge in [0.1, 0.15) is 19.3 Å². The third-order valence-corrected chi connectivity index (χ3v) is 20.0. The number of phosphoric acid groups is 2. The molecule has 0 aliphatic heterocycles. The molecule has 3 N–H and O–H groups in total. The monoisotopic (exact) mass is 1420 g/mol. The highest BCUT2D eigenvalue weighted by molar-refractivity contribution is 7.47. The number of hydrogen-bond donors (Lipinski definition) is 3. The smallest absolute Gasteiger partial charge is 0.462 e. The highest BCUT2D eigenvalue weighted by Gasteiger charge is 2.30. The van der Waals surface area contributed by atoms with Crippen LogP contribution in [-0.4, -0.2) is 96.7 Å². The van der Waals surface area contributed by atoms with Gasteiger partial charge in [-0.2, -0.15) is 0 Å². The van der Waals surface area contributed by atoms with Crippen molar-refractivity contribution in [1.29, 1.82) is 0 Å². The Bertz CT molecular complexity index is 1890. The van der Waals surface area contributed by atoms with Crippen molar-refractivity contribution in [2.24, 2.45) is 17.8 Å². The van der Waals surface area contributed by atoms with E-state index in [1.807, 2.05) is 0 Å². The number of aliphatic hydroxyl groups excluding tert-OH is 1. The van der Waals surface area contributed by atoms with Gasteiger partial charge in [-0.15, -0.1) is 0 Å². The molecular formula is C78H152O17P2. The molecule has 17 nitrogen and oxygen atoms in total. The molecule has 0 heterocycles. The van der Waals surface area contributed by atoms with Gasteiger partial charge < -0.3 is 33.8 Å². The summed E-state index contributed by atoms with van der Waals surface area (Å²) in [7, 11) is -9.92. The molecule has 0 spiro atoms. The first kappa shape index (κ1) is 95.1. The van der Waals surface area contributed by atoms with Crippen LogP contribution in [0.2, 0.25) is 0 Å². The van der Waals surface area contributed by atoms with E-state index in [0.717, 1.165) is 108 Å². The second-order valence-corrected chi connectivity index (χ2v) is 32.4. The molecule has 19 heteroatoms. The van der Waals surface area contributed by atoms with Crippen LogP contribution in [0.1, 0.15) is 402 Å². The second kappa shape index (κ2) is 68.5. The van der Waals surface area contributed by atoms with Crippen LogP contribution in [0.25, 0.3) is 0 Å². The largest absolute Gasteiger partial charge is 0.472 e. The predicted molar refractivity (Wildman–Crippen MR) is 395 cm³/mol. The number of esters is 4. The first-order valence-electron chi connectivity index (χ1n) is 40.3. The normalized spacial score (nSPS) is 14.0. The average molecular weight is 1420 g/mol. The molecule has 5 atom stereocenters. The minimum atomic E-state index is -4.96. The standard InChI is InChI=1S/C78H152O17P2/c1-8-9-10-11-12-13-14-15-16-19-24-31-38-45-52-59-75(80)88-65-73(94-77(82)61-54-47-40-32-25-20-17-18-22-28-35-42-49-56-69(2)3)67-92-96(84,85)90-63-72(79)64-91-97(86,87)93-68-74(66-89-76(81)60-53-46-39-34-27-30-37-44-51-58-71(6)7)95-78(83)62-55-48-41-33-26-21-23-29-36-43-50-57-70(4)5/h69-74,79H,8-68H2,1-7H3,(H,84,85)(H,86,87)/t72-,73-,74-/m1/s1. The van der Waals surface area contributed by atoms with Gasteiger partial charge in [0.2, 0.25) is 0 Å². The molecule has 0 radical (unpaired) electrons. The van der Waals surface area contributed by atoms with E-state index in [-0.39, 0.29) is 25.7 Å². The van der Waals surface area contributed by atoms with Gasteiger partial charge in [-0.05, 0) is 43.4 Å². The summed E-state index contributed by atoms with van der Waals surface area (Å²) in [5.41, 5.74) is 0. The number of hydrogen-bond acceptors (Lipinski definition) is 15. The number of phosphoric ester groups is 2. The highest BCUT2D eigenvalue weighted by atomic mass is 31.2. The predicted octanol–water partition coefficient (Wildman–Crippen LogP) is 23.0. The third kappa shape index (κ3) is 72.2. The van der Waals surface area contributed by atoms with Crippen LogP contribution in [0.15, 0.2) is 0 Å². The minimum Gasteiger partial charge on any atom is -0.462 e. The zero-order valence-electron chi connectivity index (χ0n) is 63.5. The summed E-state index contributed by atoms with van der Waals surface area (Å²) < 4.78 is 68.6. The maximum Gasteiger partial charge on any atom is 0.472 e. The molecule has 0 fully saturated rings. The van der Waals surface area contributed by atoms with Crippen molar-refractivity contribution in [1.82, 2.24) is 0 Å². The molecular weight excluding hydrogens is 1270 g/mol. The van der Waals surface area contributed by atoms with Crippen molar-refractivity contribution >= 4 is 39.5 Å². The number of rotatable bonds is 76. The summed E-state index contributed by atoms with van der Waals surface area (Å²) in [6.45, 7) is 11.9. The number of carbonyl (C=O) groups excluding carboxylic acids is 4. The molecule has 0 aromatic rings. The van der Waals surface area contributed by atoms with Gasteiger partial charge in [-0.25, -0.2) is 9.13 Å². The van der Waals surface area contributed by atoms with Crippen molar-refractivity contribution in [3.63, 3.8) is 0 Å². The van der Waals surface area contributed by atoms with E-state index in [0.29, 0.717) is 25.7 Å². The topological polar surface area (TPSA) is 237 Å². The fourth-order valence-corrected chi connectivity index (χ4v) is 13.5. The van der Waals surface area contributed by atoms with E-state index in [2.05, 4.69) is 48.5 Å².